The zero-order chi connectivity index (χ0) is 21.6. The highest BCUT2D eigenvalue weighted by Gasteiger charge is 2.33. The van der Waals surface area contributed by atoms with Crippen molar-refractivity contribution < 1.29 is 19.2 Å². The lowest BCUT2D eigenvalue weighted by Crippen LogP contribution is -2.44. The fourth-order valence-corrected chi connectivity index (χ4v) is 5.31. The van der Waals surface area contributed by atoms with E-state index in [2.05, 4.69) is 24.5 Å². The van der Waals surface area contributed by atoms with Crippen LogP contribution in [0.1, 0.15) is 85.5 Å². The molecule has 2 N–H and O–H groups in total. The van der Waals surface area contributed by atoms with Gasteiger partial charge in [-0.05, 0) is 82.5 Å². The van der Waals surface area contributed by atoms with Gasteiger partial charge in [-0.1, -0.05) is 13.8 Å². The Morgan fingerprint density at radius 2 is 1.07 bits per heavy atom. The maximum Gasteiger partial charge on any atom is 0.227 e. The molecule has 2 aliphatic rings. The first-order chi connectivity index (χ1) is 13.6. The van der Waals surface area contributed by atoms with E-state index in [1.54, 1.807) is 0 Å². The van der Waals surface area contributed by atoms with Gasteiger partial charge in [-0.3, -0.25) is 19.2 Å². The second kappa shape index (κ2) is 10.9. The fourth-order valence-electron chi connectivity index (χ4n) is 5.31. The molecule has 6 heteroatoms. The Bertz CT molecular complexity index is 566. The third kappa shape index (κ3) is 7.90. The van der Waals surface area contributed by atoms with Crippen molar-refractivity contribution >= 4 is 23.4 Å². The summed E-state index contributed by atoms with van der Waals surface area (Å²) in [5.74, 6) is 1.77. The van der Waals surface area contributed by atoms with Crippen LogP contribution in [0.4, 0.5) is 0 Å². The van der Waals surface area contributed by atoms with Gasteiger partial charge in [0.15, 0.2) is 0 Å². The Labute approximate surface area is 175 Å². The van der Waals surface area contributed by atoms with Gasteiger partial charge in [0, 0.05) is 12.1 Å². The molecule has 0 aliphatic heterocycles. The predicted octanol–water partition coefficient (Wildman–Crippen LogP) is 3.18. The summed E-state index contributed by atoms with van der Waals surface area (Å²) >= 11 is 0. The maximum atomic E-state index is 11.9. The van der Waals surface area contributed by atoms with Gasteiger partial charge in [-0.2, -0.15) is 0 Å². The highest BCUT2D eigenvalue weighted by molar-refractivity contribution is 5.97. The van der Waals surface area contributed by atoms with Crippen LogP contribution >= 0.6 is 0 Å². The van der Waals surface area contributed by atoms with Crippen molar-refractivity contribution in [2.75, 3.05) is 0 Å². The minimum absolute atomic E-state index is 0.0171. The molecule has 2 rings (SSSR count). The minimum atomic E-state index is -0.147. The number of amides is 2. The number of hydrogen-bond donors (Lipinski definition) is 2. The molecule has 29 heavy (non-hydrogen) atoms. The second-order valence-electron chi connectivity index (χ2n) is 9.65. The second-order valence-corrected chi connectivity index (χ2v) is 9.65. The molecule has 2 saturated carbocycles. The van der Waals surface area contributed by atoms with Gasteiger partial charge in [0.1, 0.15) is 11.6 Å². The first kappa shape index (κ1) is 23.6. The summed E-state index contributed by atoms with van der Waals surface area (Å²) in [6.45, 7) is 7.30. The Hall–Kier alpha value is -1.72. The number of carbonyl (C=O) groups excluding carboxylic acids is 4. The van der Waals surface area contributed by atoms with E-state index in [-0.39, 0.29) is 48.3 Å². The molecule has 2 amide bonds. The van der Waals surface area contributed by atoms with Crippen molar-refractivity contribution in [2.45, 2.75) is 97.6 Å². The van der Waals surface area contributed by atoms with Crippen molar-refractivity contribution in [3.63, 3.8) is 0 Å². The van der Waals surface area contributed by atoms with Crippen LogP contribution < -0.4 is 10.6 Å². The van der Waals surface area contributed by atoms with Gasteiger partial charge < -0.3 is 10.6 Å². The van der Waals surface area contributed by atoms with E-state index in [4.69, 9.17) is 0 Å². The molecule has 0 bridgehead atoms. The number of Topliss-reactive ketones (excluding diaryl/α,β-unsaturated/α-hetero) is 2. The van der Waals surface area contributed by atoms with Gasteiger partial charge in [0.05, 0.1) is 12.8 Å². The van der Waals surface area contributed by atoms with Crippen molar-refractivity contribution in [1.29, 1.82) is 0 Å². The fraction of sp³-hybridized carbons (Fsp3) is 0.826. The maximum absolute atomic E-state index is 11.9. The van der Waals surface area contributed by atoms with Crippen molar-refractivity contribution in [3.8, 4) is 0 Å². The summed E-state index contributed by atoms with van der Waals surface area (Å²) < 4.78 is 0. The van der Waals surface area contributed by atoms with Crippen LogP contribution in [0.15, 0.2) is 0 Å². The summed E-state index contributed by atoms with van der Waals surface area (Å²) in [6, 6.07) is 0.369. The molecule has 0 saturated heterocycles. The lowest BCUT2D eigenvalue weighted by molar-refractivity contribution is -0.129. The molecular weight excluding hydrogens is 368 g/mol. The minimum Gasteiger partial charge on any atom is -0.353 e. The number of hydrogen-bond acceptors (Lipinski definition) is 4. The molecule has 0 aromatic carbocycles. The van der Waals surface area contributed by atoms with Gasteiger partial charge in [0.25, 0.3) is 0 Å². The Morgan fingerprint density at radius 1 is 0.690 bits per heavy atom. The molecule has 0 radical (unpaired) electrons. The molecule has 0 aromatic rings. The summed E-state index contributed by atoms with van der Waals surface area (Å²) in [5, 5.41) is 6.09. The third-order valence-corrected chi connectivity index (χ3v) is 6.73. The number of nitrogens with one attached hydrogen (secondary N) is 2. The van der Waals surface area contributed by atoms with Gasteiger partial charge in [0.2, 0.25) is 11.8 Å². The molecule has 164 valence electrons. The Kier molecular flexibility index (Phi) is 8.84. The number of rotatable bonds is 8. The van der Waals surface area contributed by atoms with E-state index in [0.717, 1.165) is 38.5 Å². The summed E-state index contributed by atoms with van der Waals surface area (Å²) in [5.41, 5.74) is 0. The van der Waals surface area contributed by atoms with E-state index in [0.29, 0.717) is 23.7 Å². The van der Waals surface area contributed by atoms with Crippen molar-refractivity contribution in [2.24, 2.45) is 23.7 Å². The molecule has 0 unspecified atom stereocenters. The van der Waals surface area contributed by atoms with E-state index < -0.39 is 0 Å². The van der Waals surface area contributed by atoms with Crippen LogP contribution in [0, 0.1) is 23.7 Å². The molecule has 2 aliphatic carbocycles. The normalized spacial score (nSPS) is 32.3. The number of carbonyl (C=O) groups is 4. The van der Waals surface area contributed by atoms with Gasteiger partial charge in [-0.15, -0.1) is 0 Å². The Morgan fingerprint density at radius 3 is 1.38 bits per heavy atom. The summed E-state index contributed by atoms with van der Waals surface area (Å²) in [7, 11) is 0. The molecule has 6 nitrogen and oxygen atoms in total. The van der Waals surface area contributed by atoms with Crippen LogP contribution in [-0.4, -0.2) is 35.5 Å². The smallest absolute Gasteiger partial charge is 0.227 e. The topological polar surface area (TPSA) is 92.3 Å². The largest absolute Gasteiger partial charge is 0.353 e. The van der Waals surface area contributed by atoms with Gasteiger partial charge >= 0.3 is 0 Å². The number of ketones is 2. The van der Waals surface area contributed by atoms with E-state index in [9.17, 15) is 19.2 Å². The molecule has 6 atom stereocenters. The van der Waals surface area contributed by atoms with Crippen LogP contribution in [0.3, 0.4) is 0 Å². The first-order valence-corrected chi connectivity index (χ1v) is 11.2. The monoisotopic (exact) mass is 406 g/mol. The zero-order valence-electron chi connectivity index (χ0n) is 18.5. The molecule has 0 spiro atoms. The van der Waals surface area contributed by atoms with Crippen LogP contribution in [-0.2, 0) is 19.2 Å². The molecule has 2 fully saturated rings. The quantitative estimate of drug-likeness (QED) is 0.606. The van der Waals surface area contributed by atoms with E-state index in [1.807, 2.05) is 0 Å². The van der Waals surface area contributed by atoms with Crippen molar-refractivity contribution in [1.82, 2.24) is 10.6 Å². The van der Waals surface area contributed by atoms with Gasteiger partial charge in [-0.25, -0.2) is 0 Å². The molecule has 0 aromatic heterocycles. The highest BCUT2D eigenvalue weighted by atomic mass is 16.2. The molecule has 0 heterocycles. The lowest BCUT2D eigenvalue weighted by Gasteiger charge is -2.39. The highest BCUT2D eigenvalue weighted by Crippen LogP contribution is 2.39. The van der Waals surface area contributed by atoms with E-state index in [1.165, 1.54) is 20.3 Å². The average Bonchev–Trinajstić information content (AvgIpc) is 2.58. The van der Waals surface area contributed by atoms with Crippen molar-refractivity contribution in [3.05, 3.63) is 0 Å². The molecular formula is C23H38N2O4. The summed E-state index contributed by atoms with van der Waals surface area (Å²) in [4.78, 5) is 46.0. The van der Waals surface area contributed by atoms with Crippen LogP contribution in [0.5, 0.6) is 0 Å². The third-order valence-electron chi connectivity index (χ3n) is 6.73. The average molecular weight is 407 g/mol. The first-order valence-electron chi connectivity index (χ1n) is 11.2. The predicted molar refractivity (Wildman–Crippen MR) is 112 cm³/mol. The summed E-state index contributed by atoms with van der Waals surface area (Å²) in [6.07, 6.45) is 7.65. The lowest BCUT2D eigenvalue weighted by atomic mass is 9.70. The zero-order valence-corrected chi connectivity index (χ0v) is 18.5. The van der Waals surface area contributed by atoms with Crippen LogP contribution in [0.25, 0.3) is 0 Å². The van der Waals surface area contributed by atoms with Crippen LogP contribution in [0.2, 0.25) is 0 Å². The SMILES string of the molecule is CC(=O)CC(=O)N[C@H]1CC[C@@H](C[C@H]2CC[C@@H](NC(=O)CC(C)=O)[C@@H](C)C2)C[C@H]1C. The van der Waals surface area contributed by atoms with E-state index >= 15 is 0 Å². The Balaban J connectivity index is 1.74. The standard InChI is InChI=1S/C23H38N2O4/c1-14-9-18(5-7-20(14)24-22(28)11-16(3)26)13-19-6-8-21(15(2)10-19)25-23(29)12-17(4)27/h14-15,18-21H,5-13H2,1-4H3,(H,24,28)(H,25,29)/t14-,15+,18-,19+,20+,21-.